The number of hydrogen-bond acceptors (Lipinski definition) is 4. The van der Waals surface area contributed by atoms with Crippen molar-refractivity contribution < 1.29 is 9.84 Å². The van der Waals surface area contributed by atoms with Crippen LogP contribution in [0, 0.1) is 5.92 Å². The SMILES string of the molecule is COc1ccc(NC2(CO)CCCC(C)C2)nc1. The van der Waals surface area contributed by atoms with Gasteiger partial charge in [0.15, 0.2) is 0 Å². The maximum atomic E-state index is 9.71. The third-order valence-electron chi connectivity index (χ3n) is 3.76. The molecule has 1 aromatic rings. The van der Waals surface area contributed by atoms with E-state index in [0.717, 1.165) is 30.8 Å². The summed E-state index contributed by atoms with van der Waals surface area (Å²) in [6.45, 7) is 2.40. The maximum Gasteiger partial charge on any atom is 0.137 e. The highest BCUT2D eigenvalue weighted by molar-refractivity contribution is 5.40. The van der Waals surface area contributed by atoms with Crippen molar-refractivity contribution in [2.24, 2.45) is 5.92 Å². The largest absolute Gasteiger partial charge is 0.495 e. The zero-order valence-electron chi connectivity index (χ0n) is 11.1. The van der Waals surface area contributed by atoms with E-state index >= 15 is 0 Å². The highest BCUT2D eigenvalue weighted by Gasteiger charge is 2.34. The average Bonchev–Trinajstić information content (AvgIpc) is 2.39. The number of pyridine rings is 1. The first kappa shape index (κ1) is 13.1. The van der Waals surface area contributed by atoms with Crippen molar-refractivity contribution in [1.82, 2.24) is 4.98 Å². The van der Waals surface area contributed by atoms with E-state index in [-0.39, 0.29) is 12.1 Å². The van der Waals surface area contributed by atoms with Crippen LogP contribution in [0.3, 0.4) is 0 Å². The molecular weight excluding hydrogens is 228 g/mol. The van der Waals surface area contributed by atoms with Crippen LogP contribution in [0.1, 0.15) is 32.6 Å². The second-order valence-corrected chi connectivity index (χ2v) is 5.35. The van der Waals surface area contributed by atoms with Gasteiger partial charge in [0.05, 0.1) is 25.5 Å². The van der Waals surface area contributed by atoms with Gasteiger partial charge in [0, 0.05) is 0 Å². The van der Waals surface area contributed by atoms with Gasteiger partial charge >= 0.3 is 0 Å². The van der Waals surface area contributed by atoms with Crippen molar-refractivity contribution in [1.29, 1.82) is 0 Å². The Morgan fingerprint density at radius 1 is 1.56 bits per heavy atom. The van der Waals surface area contributed by atoms with Gasteiger partial charge < -0.3 is 15.2 Å². The van der Waals surface area contributed by atoms with E-state index in [1.165, 1.54) is 6.42 Å². The molecule has 4 nitrogen and oxygen atoms in total. The highest BCUT2D eigenvalue weighted by Crippen LogP contribution is 2.34. The average molecular weight is 250 g/mol. The molecule has 2 unspecified atom stereocenters. The van der Waals surface area contributed by atoms with E-state index in [4.69, 9.17) is 4.74 Å². The number of aliphatic hydroxyl groups is 1. The number of ether oxygens (including phenoxy) is 1. The summed E-state index contributed by atoms with van der Waals surface area (Å²) in [4.78, 5) is 4.31. The number of anilines is 1. The molecule has 0 saturated heterocycles. The minimum Gasteiger partial charge on any atom is -0.495 e. The van der Waals surface area contributed by atoms with Crippen molar-refractivity contribution >= 4 is 5.82 Å². The van der Waals surface area contributed by atoms with Crippen molar-refractivity contribution in [3.8, 4) is 5.75 Å². The minimum absolute atomic E-state index is 0.158. The van der Waals surface area contributed by atoms with Crippen LogP contribution >= 0.6 is 0 Å². The summed E-state index contributed by atoms with van der Waals surface area (Å²) in [6, 6.07) is 3.78. The third kappa shape index (κ3) is 2.93. The zero-order chi connectivity index (χ0) is 13.0. The second-order valence-electron chi connectivity index (χ2n) is 5.35. The van der Waals surface area contributed by atoms with Gasteiger partial charge in [-0.25, -0.2) is 4.98 Å². The molecule has 100 valence electrons. The smallest absolute Gasteiger partial charge is 0.137 e. The molecule has 1 fully saturated rings. The van der Waals surface area contributed by atoms with Crippen LogP contribution in [0.25, 0.3) is 0 Å². The lowest BCUT2D eigenvalue weighted by atomic mass is 9.77. The number of aromatic nitrogens is 1. The summed E-state index contributed by atoms with van der Waals surface area (Å²) in [6.07, 6.45) is 6.10. The van der Waals surface area contributed by atoms with Crippen molar-refractivity contribution in [3.63, 3.8) is 0 Å². The lowest BCUT2D eigenvalue weighted by Gasteiger charge is -2.39. The van der Waals surface area contributed by atoms with Gasteiger partial charge in [0.25, 0.3) is 0 Å². The van der Waals surface area contributed by atoms with Gasteiger partial charge in [-0.15, -0.1) is 0 Å². The Labute approximate surface area is 108 Å². The van der Waals surface area contributed by atoms with E-state index in [9.17, 15) is 5.11 Å². The number of methoxy groups -OCH3 is 1. The first-order chi connectivity index (χ1) is 8.67. The molecule has 2 N–H and O–H groups in total. The summed E-state index contributed by atoms with van der Waals surface area (Å²) >= 11 is 0. The summed E-state index contributed by atoms with van der Waals surface area (Å²) in [7, 11) is 1.63. The molecule has 0 radical (unpaired) electrons. The molecule has 0 bridgehead atoms. The molecule has 1 heterocycles. The van der Waals surface area contributed by atoms with Gasteiger partial charge in [-0.2, -0.15) is 0 Å². The van der Waals surface area contributed by atoms with Crippen LogP contribution in [0.2, 0.25) is 0 Å². The Morgan fingerprint density at radius 2 is 2.39 bits per heavy atom. The first-order valence-electron chi connectivity index (χ1n) is 6.56. The maximum absolute atomic E-state index is 9.71. The fourth-order valence-corrected chi connectivity index (χ4v) is 2.80. The number of hydrogen-bond donors (Lipinski definition) is 2. The summed E-state index contributed by atoms with van der Waals surface area (Å²) in [5.74, 6) is 2.20. The molecule has 0 spiro atoms. The van der Waals surface area contributed by atoms with Crippen LogP contribution in [-0.2, 0) is 0 Å². The first-order valence-corrected chi connectivity index (χ1v) is 6.56. The quantitative estimate of drug-likeness (QED) is 0.862. The van der Waals surface area contributed by atoms with Crippen LogP contribution in [0.15, 0.2) is 18.3 Å². The molecule has 1 aromatic heterocycles. The number of rotatable bonds is 4. The molecule has 2 rings (SSSR count). The topological polar surface area (TPSA) is 54.4 Å². The van der Waals surface area contributed by atoms with Crippen molar-refractivity contribution in [2.45, 2.75) is 38.1 Å². The molecule has 1 aliphatic rings. The lowest BCUT2D eigenvalue weighted by Crippen LogP contribution is -2.46. The Morgan fingerprint density at radius 3 is 2.94 bits per heavy atom. The normalized spacial score (nSPS) is 27.8. The summed E-state index contributed by atoms with van der Waals surface area (Å²) in [5, 5.41) is 13.1. The van der Waals surface area contributed by atoms with E-state index < -0.39 is 0 Å². The predicted octanol–water partition coefficient (Wildman–Crippen LogP) is 2.44. The fourth-order valence-electron chi connectivity index (χ4n) is 2.80. The molecule has 0 aromatic carbocycles. The Kier molecular flexibility index (Phi) is 4.07. The Hall–Kier alpha value is -1.29. The van der Waals surface area contributed by atoms with Crippen LogP contribution in [-0.4, -0.2) is 29.3 Å². The van der Waals surface area contributed by atoms with Gasteiger partial charge in [-0.1, -0.05) is 19.8 Å². The monoisotopic (exact) mass is 250 g/mol. The second kappa shape index (κ2) is 5.57. The molecule has 1 saturated carbocycles. The fraction of sp³-hybridized carbons (Fsp3) is 0.643. The van der Waals surface area contributed by atoms with Gasteiger partial charge in [-0.05, 0) is 30.9 Å². The molecule has 1 aliphatic carbocycles. The summed E-state index contributed by atoms with van der Waals surface area (Å²) in [5.41, 5.74) is -0.209. The van der Waals surface area contributed by atoms with Crippen LogP contribution < -0.4 is 10.1 Å². The van der Waals surface area contributed by atoms with E-state index in [0.29, 0.717) is 5.92 Å². The van der Waals surface area contributed by atoms with E-state index in [1.807, 2.05) is 12.1 Å². The zero-order valence-corrected chi connectivity index (χ0v) is 11.1. The van der Waals surface area contributed by atoms with Crippen molar-refractivity contribution in [2.75, 3.05) is 19.0 Å². The summed E-state index contributed by atoms with van der Waals surface area (Å²) < 4.78 is 5.09. The minimum atomic E-state index is -0.209. The van der Waals surface area contributed by atoms with E-state index in [1.54, 1.807) is 13.3 Å². The Bertz CT molecular complexity index is 380. The van der Waals surface area contributed by atoms with Gasteiger partial charge in [-0.3, -0.25) is 0 Å². The predicted molar refractivity (Wildman–Crippen MR) is 71.9 cm³/mol. The lowest BCUT2D eigenvalue weighted by molar-refractivity contribution is 0.149. The molecule has 0 amide bonds. The van der Waals surface area contributed by atoms with E-state index in [2.05, 4.69) is 17.2 Å². The molecule has 2 atom stereocenters. The van der Waals surface area contributed by atoms with Crippen molar-refractivity contribution in [3.05, 3.63) is 18.3 Å². The standard InChI is InChI=1S/C14H22N2O2/c1-11-4-3-7-14(8-11,10-17)16-13-6-5-12(18-2)9-15-13/h5-6,9,11,17H,3-4,7-8,10H2,1-2H3,(H,15,16). The third-order valence-corrected chi connectivity index (χ3v) is 3.76. The number of nitrogens with one attached hydrogen (secondary N) is 1. The molecule has 0 aliphatic heterocycles. The number of nitrogens with zero attached hydrogens (tertiary/aromatic N) is 1. The highest BCUT2D eigenvalue weighted by atomic mass is 16.5. The van der Waals surface area contributed by atoms with Gasteiger partial charge in [0.2, 0.25) is 0 Å². The Balaban J connectivity index is 2.08. The van der Waals surface area contributed by atoms with Crippen LogP contribution in [0.4, 0.5) is 5.82 Å². The van der Waals surface area contributed by atoms with Gasteiger partial charge in [0.1, 0.15) is 11.6 Å². The van der Waals surface area contributed by atoms with Crippen LogP contribution in [0.5, 0.6) is 5.75 Å². The molecule has 4 heteroatoms. The molecule has 18 heavy (non-hydrogen) atoms. The number of aliphatic hydroxyl groups excluding tert-OH is 1. The molecular formula is C14H22N2O2.